The first-order valence-electron chi connectivity index (χ1n) is 6.08. The van der Waals surface area contributed by atoms with Crippen molar-refractivity contribution in [2.75, 3.05) is 0 Å². The third-order valence-corrected chi connectivity index (χ3v) is 3.33. The van der Waals surface area contributed by atoms with Crippen LogP contribution >= 0.6 is 0 Å². The molecule has 0 radical (unpaired) electrons. The Morgan fingerprint density at radius 2 is 1.94 bits per heavy atom. The molecule has 0 unspecified atom stereocenters. The number of benzene rings is 2. The Hall–Kier alpha value is -2.14. The summed E-state index contributed by atoms with van der Waals surface area (Å²) in [5.41, 5.74) is 3.80. The van der Waals surface area contributed by atoms with Gasteiger partial charge in [0.05, 0.1) is 11.6 Å². The van der Waals surface area contributed by atoms with Crippen LogP contribution in [0, 0.1) is 17.1 Å². The van der Waals surface area contributed by atoms with Crippen molar-refractivity contribution in [3.63, 3.8) is 0 Å². The molecule has 1 aliphatic rings. The Balaban J connectivity index is 2.14. The van der Waals surface area contributed by atoms with E-state index in [0.717, 1.165) is 24.0 Å². The minimum Gasteiger partial charge on any atom is -0.207 e. The summed E-state index contributed by atoms with van der Waals surface area (Å²) in [5.74, 6) is 0.315. The number of hydrogen-bond donors (Lipinski definition) is 0. The fraction of sp³-hybridized carbons (Fsp3) is 0.188. The van der Waals surface area contributed by atoms with Gasteiger partial charge in [-0.25, -0.2) is 4.39 Å². The van der Waals surface area contributed by atoms with Crippen molar-refractivity contribution < 1.29 is 4.39 Å². The summed E-state index contributed by atoms with van der Waals surface area (Å²) in [5, 5.41) is 8.96. The van der Waals surface area contributed by atoms with E-state index < -0.39 is 0 Å². The molecule has 1 nitrogen and oxygen atoms in total. The lowest BCUT2D eigenvalue weighted by Crippen LogP contribution is -1.90. The van der Waals surface area contributed by atoms with Crippen molar-refractivity contribution in [2.45, 2.75) is 18.8 Å². The molecular formula is C16H12FN. The molecule has 0 aliphatic heterocycles. The fourth-order valence-electron chi connectivity index (χ4n) is 2.28. The average molecular weight is 237 g/mol. The van der Waals surface area contributed by atoms with Crippen LogP contribution in [0.3, 0.4) is 0 Å². The summed E-state index contributed by atoms with van der Waals surface area (Å²) in [6, 6.07) is 14.5. The molecule has 18 heavy (non-hydrogen) atoms. The lowest BCUT2D eigenvalue weighted by molar-refractivity contribution is 0.628. The van der Waals surface area contributed by atoms with E-state index in [9.17, 15) is 4.39 Å². The molecule has 2 heteroatoms. The number of rotatable bonds is 2. The number of nitriles is 1. The molecule has 0 atom stereocenters. The molecule has 0 spiro atoms. The second kappa shape index (κ2) is 4.27. The van der Waals surface area contributed by atoms with Crippen LogP contribution in [-0.2, 0) is 0 Å². The Labute approximate surface area is 106 Å². The van der Waals surface area contributed by atoms with Crippen LogP contribution in [-0.4, -0.2) is 0 Å². The van der Waals surface area contributed by atoms with Crippen LogP contribution in [0.5, 0.6) is 0 Å². The van der Waals surface area contributed by atoms with E-state index in [1.807, 2.05) is 18.2 Å². The topological polar surface area (TPSA) is 23.8 Å². The summed E-state index contributed by atoms with van der Waals surface area (Å²) >= 11 is 0. The Morgan fingerprint density at radius 1 is 1.11 bits per heavy atom. The van der Waals surface area contributed by atoms with Crippen LogP contribution in [0.1, 0.15) is 29.9 Å². The van der Waals surface area contributed by atoms with Gasteiger partial charge in [0.15, 0.2) is 0 Å². The summed E-state index contributed by atoms with van der Waals surface area (Å²) in [4.78, 5) is 0. The van der Waals surface area contributed by atoms with Gasteiger partial charge >= 0.3 is 0 Å². The van der Waals surface area contributed by atoms with E-state index in [0.29, 0.717) is 11.5 Å². The zero-order valence-corrected chi connectivity index (χ0v) is 9.86. The third kappa shape index (κ3) is 2.00. The minimum absolute atomic E-state index is 0.224. The SMILES string of the molecule is N#Cc1ccc(-c2cccc(F)c2)c(C2CC2)c1. The van der Waals surface area contributed by atoms with Gasteiger partial charge in [-0.1, -0.05) is 18.2 Å². The van der Waals surface area contributed by atoms with Gasteiger partial charge in [-0.05, 0) is 59.7 Å². The van der Waals surface area contributed by atoms with Crippen molar-refractivity contribution in [1.82, 2.24) is 0 Å². The predicted octanol–water partition coefficient (Wildman–Crippen LogP) is 4.24. The van der Waals surface area contributed by atoms with Crippen molar-refractivity contribution >= 4 is 0 Å². The Bertz CT molecular complexity index is 636. The molecule has 0 N–H and O–H groups in total. The minimum atomic E-state index is -0.224. The summed E-state index contributed by atoms with van der Waals surface area (Å²) in [6.45, 7) is 0. The van der Waals surface area contributed by atoms with Crippen LogP contribution in [0.15, 0.2) is 42.5 Å². The molecule has 2 aromatic rings. The number of hydrogen-bond acceptors (Lipinski definition) is 1. The molecular weight excluding hydrogens is 225 g/mol. The molecule has 2 aromatic carbocycles. The predicted molar refractivity (Wildman–Crippen MR) is 68.5 cm³/mol. The van der Waals surface area contributed by atoms with Gasteiger partial charge in [-0.3, -0.25) is 0 Å². The molecule has 88 valence electrons. The molecule has 1 aliphatic carbocycles. The largest absolute Gasteiger partial charge is 0.207 e. The highest BCUT2D eigenvalue weighted by Crippen LogP contribution is 2.44. The van der Waals surface area contributed by atoms with E-state index in [2.05, 4.69) is 6.07 Å². The maximum atomic E-state index is 13.3. The van der Waals surface area contributed by atoms with Crippen LogP contribution in [0.4, 0.5) is 4.39 Å². The van der Waals surface area contributed by atoms with Gasteiger partial charge in [0.1, 0.15) is 5.82 Å². The highest BCUT2D eigenvalue weighted by Gasteiger charge is 2.26. The normalized spacial score (nSPS) is 14.2. The highest BCUT2D eigenvalue weighted by atomic mass is 19.1. The highest BCUT2D eigenvalue weighted by molar-refractivity contribution is 5.69. The molecule has 1 saturated carbocycles. The standard InChI is InChI=1S/C16H12FN/c17-14-3-1-2-13(9-14)15-7-4-11(10-18)8-16(15)12-5-6-12/h1-4,7-9,12H,5-6H2. The summed E-state index contributed by atoms with van der Waals surface area (Å²) < 4.78 is 13.3. The van der Waals surface area contributed by atoms with E-state index in [-0.39, 0.29) is 5.82 Å². The molecule has 0 heterocycles. The van der Waals surface area contributed by atoms with Gasteiger partial charge in [0, 0.05) is 0 Å². The van der Waals surface area contributed by atoms with Gasteiger partial charge in [-0.15, -0.1) is 0 Å². The third-order valence-electron chi connectivity index (χ3n) is 3.33. The first-order chi connectivity index (χ1) is 8.78. The average Bonchev–Trinajstić information content (AvgIpc) is 3.22. The van der Waals surface area contributed by atoms with Gasteiger partial charge < -0.3 is 0 Å². The summed E-state index contributed by atoms with van der Waals surface area (Å²) in [7, 11) is 0. The van der Waals surface area contributed by atoms with Crippen molar-refractivity contribution in [2.24, 2.45) is 0 Å². The van der Waals surface area contributed by atoms with E-state index >= 15 is 0 Å². The lowest BCUT2D eigenvalue weighted by Gasteiger charge is -2.09. The first-order valence-corrected chi connectivity index (χ1v) is 6.08. The smallest absolute Gasteiger partial charge is 0.123 e. The number of halogens is 1. The molecule has 1 fully saturated rings. The van der Waals surface area contributed by atoms with Crippen molar-refractivity contribution in [3.05, 3.63) is 59.4 Å². The van der Waals surface area contributed by atoms with E-state index in [1.54, 1.807) is 18.2 Å². The van der Waals surface area contributed by atoms with Crippen LogP contribution in [0.25, 0.3) is 11.1 Å². The zero-order chi connectivity index (χ0) is 12.5. The molecule has 0 bridgehead atoms. The monoisotopic (exact) mass is 237 g/mol. The molecule has 0 amide bonds. The van der Waals surface area contributed by atoms with Crippen LogP contribution < -0.4 is 0 Å². The molecule has 0 saturated heterocycles. The van der Waals surface area contributed by atoms with Gasteiger partial charge in [0.2, 0.25) is 0 Å². The first kappa shape index (κ1) is 11.0. The quantitative estimate of drug-likeness (QED) is 0.766. The second-order valence-electron chi connectivity index (χ2n) is 4.70. The van der Waals surface area contributed by atoms with Crippen molar-refractivity contribution in [1.29, 1.82) is 5.26 Å². The molecule has 0 aromatic heterocycles. The molecule has 3 rings (SSSR count). The Morgan fingerprint density at radius 3 is 2.61 bits per heavy atom. The maximum absolute atomic E-state index is 13.3. The van der Waals surface area contributed by atoms with Gasteiger partial charge in [0.25, 0.3) is 0 Å². The Kier molecular flexibility index (Phi) is 2.60. The number of nitrogens with zero attached hydrogens (tertiary/aromatic N) is 1. The van der Waals surface area contributed by atoms with E-state index in [4.69, 9.17) is 5.26 Å². The summed E-state index contributed by atoms with van der Waals surface area (Å²) in [6.07, 6.45) is 2.33. The van der Waals surface area contributed by atoms with Crippen LogP contribution in [0.2, 0.25) is 0 Å². The van der Waals surface area contributed by atoms with Gasteiger partial charge in [-0.2, -0.15) is 5.26 Å². The zero-order valence-electron chi connectivity index (χ0n) is 9.86. The fourth-order valence-corrected chi connectivity index (χ4v) is 2.28. The van der Waals surface area contributed by atoms with Crippen molar-refractivity contribution in [3.8, 4) is 17.2 Å². The second-order valence-corrected chi connectivity index (χ2v) is 4.70. The maximum Gasteiger partial charge on any atom is 0.123 e. The lowest BCUT2D eigenvalue weighted by atomic mass is 9.95. The van der Waals surface area contributed by atoms with E-state index in [1.165, 1.54) is 11.6 Å².